The highest BCUT2D eigenvalue weighted by molar-refractivity contribution is 7.92. The maximum absolute atomic E-state index is 15.1. The first kappa shape index (κ1) is 26.5. The summed E-state index contributed by atoms with van der Waals surface area (Å²) >= 11 is 0. The van der Waals surface area contributed by atoms with Crippen molar-refractivity contribution in [3.63, 3.8) is 0 Å². The Morgan fingerprint density at radius 2 is 1.75 bits per heavy atom. The van der Waals surface area contributed by atoms with E-state index in [2.05, 4.69) is 5.32 Å². The SMILES string of the molecule is C[C@@H]1NC[C@@H](c2ccccc2)S(=O)(=O)C1Cc1cc(F)c(C2(C(N)=O)CC(O)(C(F)(F)F)C2)cc1F. The maximum Gasteiger partial charge on any atom is 0.417 e. The molecule has 4 rings (SSSR count). The standard InChI is InChI=1S/C24H25F5N2O4S/c1-13-19(36(34,35)20(10-31-13)14-5-3-2-4-6-14)8-15-7-18(26)16(9-17(15)25)22(21(30)32)11-23(33,12-22)24(27,28)29/h2-7,9,13,19-20,31,33H,8,10-12H2,1H3,(H2,30,32)/t13-,19?,20-,22?,23?/m0/s1. The molecular formula is C24H25F5N2O4S. The number of alkyl halides is 3. The summed E-state index contributed by atoms with van der Waals surface area (Å²) in [7, 11) is -3.86. The number of benzene rings is 2. The van der Waals surface area contributed by atoms with E-state index < -0.39 is 85.9 Å². The molecule has 1 unspecified atom stereocenters. The van der Waals surface area contributed by atoms with Crippen LogP contribution in [-0.2, 0) is 26.5 Å². The van der Waals surface area contributed by atoms with Crippen molar-refractivity contribution < 1.29 is 40.3 Å². The number of nitrogens with one attached hydrogen (secondary N) is 1. The number of carbonyl (C=O) groups is 1. The Hall–Kier alpha value is -2.57. The molecule has 0 aromatic heterocycles. The van der Waals surface area contributed by atoms with E-state index in [1.165, 1.54) is 0 Å². The normalized spacial score (nSPS) is 32.0. The van der Waals surface area contributed by atoms with Crippen LogP contribution in [0.5, 0.6) is 0 Å². The number of hydrogen-bond acceptors (Lipinski definition) is 5. The van der Waals surface area contributed by atoms with Crippen LogP contribution in [0.1, 0.15) is 41.7 Å². The lowest BCUT2D eigenvalue weighted by molar-refractivity contribution is -0.300. The maximum atomic E-state index is 15.1. The number of halogens is 5. The fraction of sp³-hybridized carbons (Fsp3) is 0.458. The zero-order chi connectivity index (χ0) is 26.7. The van der Waals surface area contributed by atoms with Gasteiger partial charge in [0, 0.05) is 31.0 Å². The Balaban J connectivity index is 1.66. The van der Waals surface area contributed by atoms with Gasteiger partial charge in [-0.25, -0.2) is 17.2 Å². The average molecular weight is 533 g/mol. The van der Waals surface area contributed by atoms with Crippen molar-refractivity contribution >= 4 is 15.7 Å². The smallest absolute Gasteiger partial charge is 0.380 e. The predicted octanol–water partition coefficient (Wildman–Crippen LogP) is 2.83. The lowest BCUT2D eigenvalue weighted by Crippen LogP contribution is -2.66. The summed E-state index contributed by atoms with van der Waals surface area (Å²) in [5.74, 6) is -3.62. The molecule has 4 N–H and O–H groups in total. The molecule has 196 valence electrons. The minimum absolute atomic E-state index is 0.142. The molecule has 3 atom stereocenters. The number of rotatable bonds is 5. The topological polar surface area (TPSA) is 109 Å². The summed E-state index contributed by atoms with van der Waals surface area (Å²) in [6, 6.07) is 9.13. The Kier molecular flexibility index (Phi) is 6.46. The molecule has 1 saturated heterocycles. The van der Waals surface area contributed by atoms with Crippen LogP contribution in [0.2, 0.25) is 0 Å². The van der Waals surface area contributed by atoms with Gasteiger partial charge in [-0.1, -0.05) is 30.3 Å². The van der Waals surface area contributed by atoms with Crippen molar-refractivity contribution in [2.24, 2.45) is 5.73 Å². The van der Waals surface area contributed by atoms with Crippen LogP contribution in [0.3, 0.4) is 0 Å². The highest BCUT2D eigenvalue weighted by Gasteiger charge is 2.70. The minimum Gasteiger partial charge on any atom is -0.380 e. The van der Waals surface area contributed by atoms with Gasteiger partial charge in [0.1, 0.15) is 11.6 Å². The average Bonchev–Trinajstić information content (AvgIpc) is 2.75. The second-order valence-electron chi connectivity index (χ2n) is 9.68. The van der Waals surface area contributed by atoms with Crippen LogP contribution >= 0.6 is 0 Å². The van der Waals surface area contributed by atoms with E-state index in [1.54, 1.807) is 37.3 Å². The van der Waals surface area contributed by atoms with Gasteiger partial charge in [0.05, 0.1) is 15.9 Å². The van der Waals surface area contributed by atoms with Crippen LogP contribution in [-0.4, -0.2) is 49.0 Å². The van der Waals surface area contributed by atoms with Gasteiger partial charge in [-0.3, -0.25) is 4.79 Å². The van der Waals surface area contributed by atoms with E-state index >= 15 is 8.78 Å². The third kappa shape index (κ3) is 4.18. The molecular weight excluding hydrogens is 507 g/mol. The minimum atomic E-state index is -5.09. The fourth-order valence-corrected chi connectivity index (χ4v) is 7.64. The number of aliphatic hydroxyl groups is 1. The number of carbonyl (C=O) groups excluding carboxylic acids is 1. The monoisotopic (exact) mass is 532 g/mol. The molecule has 1 aliphatic heterocycles. The number of sulfone groups is 1. The van der Waals surface area contributed by atoms with Crippen molar-refractivity contribution in [2.75, 3.05) is 6.54 Å². The zero-order valence-corrected chi connectivity index (χ0v) is 20.0. The van der Waals surface area contributed by atoms with Crippen molar-refractivity contribution in [2.45, 2.75) is 59.9 Å². The van der Waals surface area contributed by atoms with Gasteiger partial charge < -0.3 is 16.2 Å². The molecule has 36 heavy (non-hydrogen) atoms. The summed E-state index contributed by atoms with van der Waals surface area (Å²) < 4.78 is 96.5. The molecule has 1 amide bonds. The third-order valence-corrected chi connectivity index (χ3v) is 10.1. The lowest BCUT2D eigenvalue weighted by atomic mass is 9.55. The predicted molar refractivity (Wildman–Crippen MR) is 121 cm³/mol. The first-order valence-corrected chi connectivity index (χ1v) is 12.8. The Labute approximate surface area is 204 Å². The quantitative estimate of drug-likeness (QED) is 0.514. The molecule has 0 spiro atoms. The molecule has 1 aliphatic carbocycles. The molecule has 0 bridgehead atoms. The van der Waals surface area contributed by atoms with Gasteiger partial charge in [-0.05, 0) is 36.6 Å². The van der Waals surface area contributed by atoms with Crippen LogP contribution in [0.4, 0.5) is 22.0 Å². The Morgan fingerprint density at radius 3 is 2.31 bits per heavy atom. The van der Waals surface area contributed by atoms with Gasteiger partial charge in [-0.15, -0.1) is 0 Å². The van der Waals surface area contributed by atoms with Crippen molar-refractivity contribution in [1.82, 2.24) is 5.32 Å². The molecule has 0 radical (unpaired) electrons. The van der Waals surface area contributed by atoms with Crippen LogP contribution in [0.25, 0.3) is 0 Å². The molecule has 1 heterocycles. The number of hydrogen-bond donors (Lipinski definition) is 3. The summed E-state index contributed by atoms with van der Waals surface area (Å²) in [5.41, 5.74) is -0.704. The summed E-state index contributed by atoms with van der Waals surface area (Å²) in [4.78, 5) is 12.1. The lowest BCUT2D eigenvalue weighted by Gasteiger charge is -2.51. The van der Waals surface area contributed by atoms with E-state index in [0.717, 1.165) is 0 Å². The second kappa shape index (κ2) is 8.77. The van der Waals surface area contributed by atoms with Crippen molar-refractivity contribution in [3.05, 3.63) is 70.8 Å². The largest absolute Gasteiger partial charge is 0.417 e. The first-order chi connectivity index (χ1) is 16.6. The third-order valence-electron chi connectivity index (χ3n) is 7.43. The highest BCUT2D eigenvalue weighted by atomic mass is 32.2. The van der Waals surface area contributed by atoms with E-state index in [-0.39, 0.29) is 12.1 Å². The van der Waals surface area contributed by atoms with E-state index in [0.29, 0.717) is 17.7 Å². The molecule has 2 aromatic carbocycles. The van der Waals surface area contributed by atoms with Crippen LogP contribution in [0, 0.1) is 11.6 Å². The molecule has 1 saturated carbocycles. The van der Waals surface area contributed by atoms with E-state index in [1.807, 2.05) is 0 Å². The van der Waals surface area contributed by atoms with E-state index in [9.17, 15) is 31.5 Å². The Bertz CT molecular complexity index is 1280. The highest BCUT2D eigenvalue weighted by Crippen LogP contribution is 2.57. The molecule has 2 aliphatic rings. The van der Waals surface area contributed by atoms with E-state index in [4.69, 9.17) is 5.73 Å². The van der Waals surface area contributed by atoms with Gasteiger partial charge in [-0.2, -0.15) is 13.2 Å². The summed E-state index contributed by atoms with van der Waals surface area (Å²) in [6.45, 7) is 1.75. The van der Waals surface area contributed by atoms with Crippen LogP contribution < -0.4 is 11.1 Å². The van der Waals surface area contributed by atoms with Crippen LogP contribution in [0.15, 0.2) is 42.5 Å². The molecule has 6 nitrogen and oxygen atoms in total. The summed E-state index contributed by atoms with van der Waals surface area (Å²) in [5, 5.41) is 10.9. The first-order valence-electron chi connectivity index (χ1n) is 11.2. The zero-order valence-electron chi connectivity index (χ0n) is 19.1. The second-order valence-corrected chi connectivity index (χ2v) is 12.0. The van der Waals surface area contributed by atoms with Gasteiger partial charge in [0.2, 0.25) is 5.91 Å². The number of amides is 1. The Morgan fingerprint density at radius 1 is 1.14 bits per heavy atom. The number of nitrogens with two attached hydrogens (primary N) is 1. The van der Waals surface area contributed by atoms with Crippen molar-refractivity contribution in [1.29, 1.82) is 0 Å². The van der Waals surface area contributed by atoms with Crippen molar-refractivity contribution in [3.8, 4) is 0 Å². The molecule has 2 aromatic rings. The van der Waals surface area contributed by atoms with Gasteiger partial charge in [0.25, 0.3) is 0 Å². The molecule has 2 fully saturated rings. The number of primary amides is 1. The summed E-state index contributed by atoms with van der Waals surface area (Å²) in [6.07, 6.45) is -7.98. The van der Waals surface area contributed by atoms with Gasteiger partial charge >= 0.3 is 6.18 Å². The fourth-order valence-electron chi connectivity index (χ4n) is 5.28. The van der Waals surface area contributed by atoms with Gasteiger partial charge in [0.15, 0.2) is 15.4 Å². The molecule has 12 heteroatoms.